The van der Waals surface area contributed by atoms with Crippen molar-refractivity contribution in [2.75, 3.05) is 0 Å². The highest BCUT2D eigenvalue weighted by molar-refractivity contribution is 6.17. The molecule has 6 heteroatoms. The van der Waals surface area contributed by atoms with Crippen LogP contribution in [0.2, 0.25) is 0 Å². The minimum atomic E-state index is -0.209. The van der Waals surface area contributed by atoms with Crippen LogP contribution in [-0.4, -0.2) is 30.3 Å². The molecule has 0 radical (unpaired) electrons. The molecule has 0 bridgehead atoms. The molecule has 0 unspecified atom stereocenters. The van der Waals surface area contributed by atoms with E-state index >= 15 is 0 Å². The normalized spacial score (nSPS) is 14.8. The second-order valence-corrected chi connectivity index (χ2v) is 18.5. The van der Waals surface area contributed by atoms with E-state index in [2.05, 4.69) is 183 Å². The van der Waals surface area contributed by atoms with Gasteiger partial charge in [-0.2, -0.15) is 0 Å². The molecule has 2 aliphatic rings. The van der Waals surface area contributed by atoms with Gasteiger partial charge in [0.05, 0.1) is 56.2 Å². The number of aliphatic imine (C=N–C) groups is 1. The third-order valence-electron chi connectivity index (χ3n) is 14.4. The van der Waals surface area contributed by atoms with E-state index in [4.69, 9.17) is 19.9 Å². The van der Waals surface area contributed by atoms with Crippen LogP contribution in [0.1, 0.15) is 68.9 Å². The van der Waals surface area contributed by atoms with Crippen molar-refractivity contribution in [3.63, 3.8) is 0 Å². The number of para-hydroxylation sites is 2. The van der Waals surface area contributed by atoms with Gasteiger partial charge >= 0.3 is 0 Å². The monoisotopic (exact) mass is 824 g/mol. The first-order valence-corrected chi connectivity index (χ1v) is 22.4. The zero-order valence-corrected chi connectivity index (χ0v) is 36.5. The van der Waals surface area contributed by atoms with E-state index in [0.29, 0.717) is 0 Å². The van der Waals surface area contributed by atoms with Crippen molar-refractivity contribution in [2.45, 2.75) is 51.9 Å². The largest absolute Gasteiger partial charge is 0.316 e. The van der Waals surface area contributed by atoms with E-state index < -0.39 is 0 Å². The van der Waals surface area contributed by atoms with Crippen molar-refractivity contribution < 1.29 is 0 Å². The quantitative estimate of drug-likeness (QED) is 0.128. The van der Waals surface area contributed by atoms with Crippen LogP contribution in [0.3, 0.4) is 0 Å². The molecule has 0 fully saturated rings. The van der Waals surface area contributed by atoms with Crippen LogP contribution in [0.25, 0.3) is 106 Å². The molecule has 7 aromatic carbocycles. The third kappa shape index (κ3) is 4.80. The maximum Gasteiger partial charge on any atom is 0.0989 e. The summed E-state index contributed by atoms with van der Waals surface area (Å²) in [5.74, 6) is 0. The summed E-state index contributed by atoms with van der Waals surface area (Å²) >= 11 is 0. The summed E-state index contributed by atoms with van der Waals surface area (Å²) < 4.78 is 4.81. The van der Waals surface area contributed by atoms with Gasteiger partial charge in [-0.25, -0.2) is 0 Å². The zero-order chi connectivity index (χ0) is 43.1. The standard InChI is InChI=1S/C58H44N6/c1-6-28-59-52-43(27-31-63-47-21-13-9-17-37(47)41-25-23-39-35-15-7-11-19-45(35)57(2,3)49(39)55(41)63)51-53(61-30-29-60-51)44-32-34(33-62-54(44)52)64-48-22-14-10-18-38(48)42-26-24-40-36-16-8-12-20-46(36)58(4,5)50(40)56(42)64/h7-33H,6H2,1-5H3/b31-27+,59-28?. The van der Waals surface area contributed by atoms with E-state index in [1.54, 1.807) is 12.4 Å². The molecule has 4 aromatic heterocycles. The molecule has 13 rings (SSSR count). The average molecular weight is 825 g/mol. The van der Waals surface area contributed by atoms with Gasteiger partial charge < -0.3 is 9.13 Å². The molecule has 306 valence electrons. The van der Waals surface area contributed by atoms with Gasteiger partial charge in [-0.1, -0.05) is 144 Å². The van der Waals surface area contributed by atoms with E-state index in [9.17, 15) is 0 Å². The van der Waals surface area contributed by atoms with Gasteiger partial charge in [0.1, 0.15) is 0 Å². The van der Waals surface area contributed by atoms with Crippen LogP contribution < -0.4 is 0 Å². The highest BCUT2D eigenvalue weighted by Crippen LogP contribution is 2.54. The number of hydrogen-bond acceptors (Lipinski definition) is 4. The van der Waals surface area contributed by atoms with Gasteiger partial charge in [0, 0.05) is 68.1 Å². The Kier molecular flexibility index (Phi) is 7.59. The first-order chi connectivity index (χ1) is 31.3. The minimum Gasteiger partial charge on any atom is -0.316 e. The molecule has 0 atom stereocenters. The highest BCUT2D eigenvalue weighted by atomic mass is 15.0. The Morgan fingerprint density at radius 2 is 1.12 bits per heavy atom. The maximum absolute atomic E-state index is 5.37. The van der Waals surface area contributed by atoms with Crippen LogP contribution in [0.15, 0.2) is 151 Å². The Labute approximate surface area is 370 Å². The lowest BCUT2D eigenvalue weighted by atomic mass is 9.81. The Hall–Kier alpha value is -7.70. The Morgan fingerprint density at radius 3 is 1.81 bits per heavy atom. The predicted molar refractivity (Wildman–Crippen MR) is 267 cm³/mol. The summed E-state index contributed by atoms with van der Waals surface area (Å²) in [7, 11) is 0. The Balaban J connectivity index is 1.07. The topological polar surface area (TPSA) is 60.9 Å². The molecule has 0 saturated heterocycles. The molecule has 4 heterocycles. The second-order valence-electron chi connectivity index (χ2n) is 18.5. The van der Waals surface area contributed by atoms with Gasteiger partial charge in [-0.15, -0.1) is 0 Å². The summed E-state index contributed by atoms with van der Waals surface area (Å²) in [6, 6.07) is 46.7. The number of nitrogens with zero attached hydrogens (tertiary/aromatic N) is 6. The van der Waals surface area contributed by atoms with E-state index in [-0.39, 0.29) is 10.8 Å². The summed E-state index contributed by atoms with van der Waals surface area (Å²) in [5, 5.41) is 5.83. The molecule has 64 heavy (non-hydrogen) atoms. The molecule has 0 saturated carbocycles. The zero-order valence-electron chi connectivity index (χ0n) is 36.5. The lowest BCUT2D eigenvalue weighted by molar-refractivity contribution is 0.664. The van der Waals surface area contributed by atoms with Gasteiger partial charge in [0.15, 0.2) is 0 Å². The van der Waals surface area contributed by atoms with Crippen LogP contribution in [0, 0.1) is 0 Å². The molecule has 0 spiro atoms. The fourth-order valence-electron chi connectivity index (χ4n) is 11.6. The lowest BCUT2D eigenvalue weighted by Crippen LogP contribution is -2.16. The predicted octanol–water partition coefficient (Wildman–Crippen LogP) is 14.7. The lowest BCUT2D eigenvalue weighted by Gasteiger charge is -2.23. The van der Waals surface area contributed by atoms with Crippen LogP contribution >= 0.6 is 0 Å². The first-order valence-electron chi connectivity index (χ1n) is 22.4. The average Bonchev–Trinajstić information content (AvgIpc) is 3.99. The number of aromatic nitrogens is 5. The number of rotatable bonds is 5. The summed E-state index contributed by atoms with van der Waals surface area (Å²) in [6.45, 7) is 11.6. The SMILES string of the molecule is CCC=Nc1c(/C=C/n2c3ccccc3c3ccc4c(c32)C(C)(C)c2ccccc2-4)c2nccnc2c2cc(-n3c4ccccc4c4ccc5c(c43)C(C)(C)c3ccccc3-5)cnc12. The minimum absolute atomic E-state index is 0.194. The van der Waals surface area contributed by atoms with Crippen molar-refractivity contribution in [2.24, 2.45) is 4.99 Å². The summed E-state index contributed by atoms with van der Waals surface area (Å²) in [5.41, 5.74) is 19.9. The number of hydrogen-bond donors (Lipinski definition) is 0. The maximum atomic E-state index is 5.37. The van der Waals surface area contributed by atoms with Crippen molar-refractivity contribution >= 4 is 89.7 Å². The number of benzene rings is 7. The van der Waals surface area contributed by atoms with Crippen LogP contribution in [0.4, 0.5) is 5.69 Å². The molecule has 11 aromatic rings. The molecule has 6 nitrogen and oxygen atoms in total. The van der Waals surface area contributed by atoms with Crippen LogP contribution in [-0.2, 0) is 10.8 Å². The Morgan fingerprint density at radius 1 is 0.547 bits per heavy atom. The van der Waals surface area contributed by atoms with Crippen molar-refractivity contribution in [1.29, 1.82) is 0 Å². The highest BCUT2D eigenvalue weighted by Gasteiger charge is 2.40. The molecule has 2 aliphatic carbocycles. The fraction of sp³-hybridized carbons (Fsp3) is 0.138. The fourth-order valence-corrected chi connectivity index (χ4v) is 11.6. The van der Waals surface area contributed by atoms with E-state index in [1.165, 1.54) is 77.1 Å². The first kappa shape index (κ1) is 36.9. The molecule has 0 aliphatic heterocycles. The third-order valence-corrected chi connectivity index (χ3v) is 14.4. The number of fused-ring (bicyclic) bond motifs is 17. The smallest absolute Gasteiger partial charge is 0.0989 e. The molecular formula is C58H44N6. The summed E-state index contributed by atoms with van der Waals surface area (Å²) in [4.78, 5) is 20.7. The van der Waals surface area contributed by atoms with Gasteiger partial charge in [-0.3, -0.25) is 19.9 Å². The van der Waals surface area contributed by atoms with Gasteiger partial charge in [0.25, 0.3) is 0 Å². The van der Waals surface area contributed by atoms with Crippen molar-refractivity contribution in [1.82, 2.24) is 24.1 Å². The van der Waals surface area contributed by atoms with Crippen molar-refractivity contribution in [3.05, 3.63) is 174 Å². The number of pyridine rings is 1. The van der Waals surface area contributed by atoms with E-state index in [1.807, 2.05) is 12.4 Å². The van der Waals surface area contributed by atoms with Crippen LogP contribution in [0.5, 0.6) is 0 Å². The summed E-state index contributed by atoms with van der Waals surface area (Å²) in [6.07, 6.45) is 12.8. The van der Waals surface area contributed by atoms with Crippen molar-refractivity contribution in [3.8, 4) is 27.9 Å². The molecule has 0 amide bonds. The molecule has 0 N–H and O–H groups in total. The molecular weight excluding hydrogens is 781 g/mol. The Bertz CT molecular complexity index is 3890. The van der Waals surface area contributed by atoms with Gasteiger partial charge in [-0.05, 0) is 75.2 Å². The van der Waals surface area contributed by atoms with Gasteiger partial charge in [0.2, 0.25) is 0 Å². The second kappa shape index (κ2) is 13.2. The van der Waals surface area contributed by atoms with E-state index in [0.717, 1.165) is 56.3 Å².